The molecule has 4 heteroatoms. The van der Waals surface area contributed by atoms with Crippen molar-refractivity contribution in [3.05, 3.63) is 75.3 Å². The second-order valence-corrected chi connectivity index (χ2v) is 6.04. The number of fused-ring (bicyclic) bond motifs is 1. The van der Waals surface area contributed by atoms with Gasteiger partial charge >= 0.3 is 0 Å². The Bertz CT molecular complexity index is 845. The van der Waals surface area contributed by atoms with Gasteiger partial charge in [0.1, 0.15) is 11.6 Å². The molecule has 0 saturated carbocycles. The summed E-state index contributed by atoms with van der Waals surface area (Å²) in [6.07, 6.45) is 0.282. The monoisotopic (exact) mass is 322 g/mol. The molecule has 0 saturated heterocycles. The minimum Gasteiger partial charge on any atom is -0.379 e. The van der Waals surface area contributed by atoms with Crippen LogP contribution in [0.1, 0.15) is 22.3 Å². The van der Waals surface area contributed by atoms with Crippen molar-refractivity contribution in [3.8, 4) is 6.07 Å². The maximum atomic E-state index is 12.2. The standard InChI is InChI=1S/C19H15ClN2O/c1-12-2-5-14-9-18(23)17(10-21)19(16(14)8-12)22-11-13-3-6-15(20)7-4-13/h2-8,22H,9,11H2,1H3. The van der Waals surface area contributed by atoms with E-state index in [0.717, 1.165) is 22.3 Å². The van der Waals surface area contributed by atoms with E-state index in [1.807, 2.05) is 49.4 Å². The lowest BCUT2D eigenvalue weighted by molar-refractivity contribution is -0.114. The second kappa shape index (κ2) is 6.28. The predicted octanol–water partition coefficient (Wildman–Crippen LogP) is 3.80. The molecule has 3 nitrogen and oxygen atoms in total. The van der Waals surface area contributed by atoms with Gasteiger partial charge in [-0.3, -0.25) is 4.79 Å². The van der Waals surface area contributed by atoms with Gasteiger partial charge in [0.15, 0.2) is 5.78 Å². The lowest BCUT2D eigenvalue weighted by atomic mass is 9.87. The number of nitrogens with zero attached hydrogens (tertiary/aromatic N) is 1. The summed E-state index contributed by atoms with van der Waals surface area (Å²) in [4.78, 5) is 12.2. The van der Waals surface area contributed by atoms with Crippen LogP contribution in [0.5, 0.6) is 0 Å². The van der Waals surface area contributed by atoms with Crippen LogP contribution >= 0.6 is 11.6 Å². The van der Waals surface area contributed by atoms with E-state index in [0.29, 0.717) is 17.3 Å². The number of hydrogen-bond donors (Lipinski definition) is 1. The number of rotatable bonds is 3. The molecule has 1 aliphatic rings. The number of halogens is 1. The topological polar surface area (TPSA) is 52.9 Å². The van der Waals surface area contributed by atoms with Crippen LogP contribution in [0, 0.1) is 18.3 Å². The first-order chi connectivity index (χ1) is 11.1. The average Bonchev–Trinajstić information content (AvgIpc) is 2.54. The molecule has 2 aromatic carbocycles. The molecule has 0 aliphatic heterocycles. The molecule has 3 rings (SSSR count). The van der Waals surface area contributed by atoms with Crippen molar-refractivity contribution in [1.29, 1.82) is 5.26 Å². The summed E-state index contributed by atoms with van der Waals surface area (Å²) >= 11 is 5.89. The second-order valence-electron chi connectivity index (χ2n) is 5.60. The quantitative estimate of drug-likeness (QED) is 0.935. The molecule has 0 aromatic heterocycles. The van der Waals surface area contributed by atoms with Crippen LogP contribution in [-0.2, 0) is 17.8 Å². The molecule has 0 unspecified atom stereocenters. The average molecular weight is 323 g/mol. The third-order valence-electron chi connectivity index (χ3n) is 3.91. The first-order valence-electron chi connectivity index (χ1n) is 7.34. The summed E-state index contributed by atoms with van der Waals surface area (Å²) in [5.74, 6) is -0.137. The largest absolute Gasteiger partial charge is 0.379 e. The van der Waals surface area contributed by atoms with Crippen LogP contribution in [-0.4, -0.2) is 5.78 Å². The molecule has 0 atom stereocenters. The third-order valence-corrected chi connectivity index (χ3v) is 4.16. The molecule has 0 heterocycles. The summed E-state index contributed by atoms with van der Waals surface area (Å²) < 4.78 is 0. The van der Waals surface area contributed by atoms with Gasteiger partial charge in [0.25, 0.3) is 0 Å². The van der Waals surface area contributed by atoms with Crippen LogP contribution in [0.2, 0.25) is 5.02 Å². The number of hydrogen-bond acceptors (Lipinski definition) is 3. The first-order valence-corrected chi connectivity index (χ1v) is 7.72. The van der Waals surface area contributed by atoms with E-state index in [4.69, 9.17) is 11.6 Å². The number of carbonyl (C=O) groups is 1. The number of carbonyl (C=O) groups excluding carboxylic acids is 1. The van der Waals surface area contributed by atoms with Gasteiger partial charge in [-0.2, -0.15) is 5.26 Å². The van der Waals surface area contributed by atoms with Crippen molar-refractivity contribution in [2.24, 2.45) is 0 Å². The lowest BCUT2D eigenvalue weighted by Crippen LogP contribution is -2.23. The highest BCUT2D eigenvalue weighted by Gasteiger charge is 2.25. The van der Waals surface area contributed by atoms with Crippen LogP contribution in [0.4, 0.5) is 0 Å². The number of nitrogens with one attached hydrogen (secondary N) is 1. The molecule has 1 N–H and O–H groups in total. The van der Waals surface area contributed by atoms with Crippen molar-refractivity contribution in [3.63, 3.8) is 0 Å². The zero-order valence-corrected chi connectivity index (χ0v) is 13.4. The molecule has 0 amide bonds. The molecule has 2 aromatic rings. The Kier molecular flexibility index (Phi) is 4.18. The van der Waals surface area contributed by atoms with E-state index < -0.39 is 0 Å². The summed E-state index contributed by atoms with van der Waals surface area (Å²) in [6.45, 7) is 2.53. The smallest absolute Gasteiger partial charge is 0.179 e. The van der Waals surface area contributed by atoms with E-state index in [2.05, 4.69) is 11.4 Å². The molecule has 1 aliphatic carbocycles. The summed E-state index contributed by atoms with van der Waals surface area (Å²) in [6, 6.07) is 15.5. The van der Waals surface area contributed by atoms with Crippen LogP contribution in [0.15, 0.2) is 48.0 Å². The summed E-state index contributed by atoms with van der Waals surface area (Å²) in [5.41, 5.74) is 4.86. The van der Waals surface area contributed by atoms with Crippen molar-refractivity contribution >= 4 is 23.1 Å². The Morgan fingerprint density at radius 2 is 1.96 bits per heavy atom. The minimum absolute atomic E-state index is 0.137. The molecule has 0 bridgehead atoms. The van der Waals surface area contributed by atoms with E-state index in [-0.39, 0.29) is 17.8 Å². The molecule has 114 valence electrons. The SMILES string of the molecule is Cc1ccc2c(c1)C(NCc1ccc(Cl)cc1)=C(C#N)C(=O)C2. The zero-order valence-electron chi connectivity index (χ0n) is 12.7. The molecule has 23 heavy (non-hydrogen) atoms. The Morgan fingerprint density at radius 1 is 1.22 bits per heavy atom. The van der Waals surface area contributed by atoms with Crippen molar-refractivity contribution in [2.45, 2.75) is 19.9 Å². The van der Waals surface area contributed by atoms with E-state index in [9.17, 15) is 10.1 Å². The summed E-state index contributed by atoms with van der Waals surface area (Å²) in [5, 5.41) is 13.3. The lowest BCUT2D eigenvalue weighted by Gasteiger charge is -2.21. The maximum absolute atomic E-state index is 12.2. The van der Waals surface area contributed by atoms with Gasteiger partial charge in [0.05, 0.1) is 5.70 Å². The Labute approximate surface area is 140 Å². The van der Waals surface area contributed by atoms with Gasteiger partial charge in [-0.15, -0.1) is 0 Å². The number of nitriles is 1. The fourth-order valence-corrected chi connectivity index (χ4v) is 2.83. The van der Waals surface area contributed by atoms with E-state index in [1.165, 1.54) is 0 Å². The van der Waals surface area contributed by atoms with Crippen molar-refractivity contribution < 1.29 is 4.79 Å². The Hall–Kier alpha value is -2.57. The predicted molar refractivity (Wildman–Crippen MR) is 90.7 cm³/mol. The van der Waals surface area contributed by atoms with Gasteiger partial charge in [-0.25, -0.2) is 0 Å². The minimum atomic E-state index is -0.137. The third kappa shape index (κ3) is 3.13. The van der Waals surface area contributed by atoms with Gasteiger partial charge < -0.3 is 5.32 Å². The normalized spacial score (nSPS) is 13.5. The molecule has 0 spiro atoms. The van der Waals surface area contributed by atoms with E-state index >= 15 is 0 Å². The molecule has 0 fully saturated rings. The molecular weight excluding hydrogens is 308 g/mol. The van der Waals surface area contributed by atoms with Crippen LogP contribution in [0.25, 0.3) is 5.70 Å². The maximum Gasteiger partial charge on any atom is 0.179 e. The number of aryl methyl sites for hydroxylation is 1. The number of Topliss-reactive ketones (excluding diaryl/α,β-unsaturated/α-hetero) is 1. The number of ketones is 1. The van der Waals surface area contributed by atoms with E-state index in [1.54, 1.807) is 0 Å². The first kappa shape index (κ1) is 15.3. The fourth-order valence-electron chi connectivity index (χ4n) is 2.71. The van der Waals surface area contributed by atoms with Gasteiger partial charge in [-0.05, 0) is 36.2 Å². The fraction of sp³-hybridized carbons (Fsp3) is 0.158. The highest BCUT2D eigenvalue weighted by atomic mass is 35.5. The summed E-state index contributed by atoms with van der Waals surface area (Å²) in [7, 11) is 0. The van der Waals surface area contributed by atoms with Crippen LogP contribution in [0.3, 0.4) is 0 Å². The van der Waals surface area contributed by atoms with Crippen LogP contribution < -0.4 is 5.32 Å². The number of allylic oxidation sites excluding steroid dienone is 1. The highest BCUT2D eigenvalue weighted by Crippen LogP contribution is 2.28. The Balaban J connectivity index is 1.96. The molecule has 0 radical (unpaired) electrons. The van der Waals surface area contributed by atoms with Crippen molar-refractivity contribution in [1.82, 2.24) is 5.32 Å². The Morgan fingerprint density at radius 3 is 2.65 bits per heavy atom. The van der Waals surface area contributed by atoms with Gasteiger partial charge in [0, 0.05) is 23.6 Å². The molecular formula is C19H15ClN2O. The highest BCUT2D eigenvalue weighted by molar-refractivity contribution is 6.30. The van der Waals surface area contributed by atoms with Crippen molar-refractivity contribution in [2.75, 3.05) is 0 Å². The van der Waals surface area contributed by atoms with Gasteiger partial charge in [0.2, 0.25) is 0 Å². The van der Waals surface area contributed by atoms with Gasteiger partial charge in [-0.1, -0.05) is 41.4 Å². The number of benzene rings is 2. The zero-order chi connectivity index (χ0) is 16.4.